The number of aliphatic hydroxyl groups is 1. The third-order valence-electron chi connectivity index (χ3n) is 2.09. The van der Waals surface area contributed by atoms with Gasteiger partial charge in [0.25, 0.3) is 0 Å². The molecule has 2 N–H and O–H groups in total. The van der Waals surface area contributed by atoms with Crippen LogP contribution in [0, 0.1) is 11.3 Å². The van der Waals surface area contributed by atoms with E-state index in [9.17, 15) is 4.79 Å². The van der Waals surface area contributed by atoms with E-state index in [1.807, 2.05) is 0 Å². The van der Waals surface area contributed by atoms with Gasteiger partial charge in [-0.3, -0.25) is 4.79 Å². The van der Waals surface area contributed by atoms with Gasteiger partial charge < -0.3 is 10.2 Å². The zero-order valence-corrected chi connectivity index (χ0v) is 6.59. The van der Waals surface area contributed by atoms with E-state index < -0.39 is 11.4 Å². The van der Waals surface area contributed by atoms with Crippen molar-refractivity contribution in [2.75, 3.05) is 6.61 Å². The molecule has 0 aliphatic heterocycles. The Morgan fingerprint density at radius 3 is 2.00 bits per heavy atom. The Kier molecular flexibility index (Phi) is 2.84. The van der Waals surface area contributed by atoms with Crippen molar-refractivity contribution in [3.05, 3.63) is 0 Å². The molecule has 60 valence electrons. The van der Waals surface area contributed by atoms with Crippen molar-refractivity contribution in [1.82, 2.24) is 0 Å². The fourth-order valence-corrected chi connectivity index (χ4v) is 0.497. The number of aliphatic carboxylic acids is 1. The first-order chi connectivity index (χ1) is 4.45. The van der Waals surface area contributed by atoms with Gasteiger partial charge in [0.1, 0.15) is 0 Å². The van der Waals surface area contributed by atoms with Gasteiger partial charge in [-0.2, -0.15) is 0 Å². The SMILES string of the molecule is CC(C)C(C)(CO)C(=O)O. The average Bonchev–Trinajstić information content (AvgIpc) is 1.85. The van der Waals surface area contributed by atoms with Gasteiger partial charge in [0, 0.05) is 0 Å². The van der Waals surface area contributed by atoms with Crippen molar-refractivity contribution in [3.63, 3.8) is 0 Å². The lowest BCUT2D eigenvalue weighted by atomic mass is 9.80. The highest BCUT2D eigenvalue weighted by Gasteiger charge is 2.35. The van der Waals surface area contributed by atoms with Crippen molar-refractivity contribution < 1.29 is 15.0 Å². The van der Waals surface area contributed by atoms with Gasteiger partial charge in [-0.25, -0.2) is 0 Å². The van der Waals surface area contributed by atoms with E-state index in [1.165, 1.54) is 0 Å². The van der Waals surface area contributed by atoms with Crippen molar-refractivity contribution in [3.8, 4) is 0 Å². The summed E-state index contributed by atoms with van der Waals surface area (Å²) < 4.78 is 0. The lowest BCUT2D eigenvalue weighted by Crippen LogP contribution is -2.36. The van der Waals surface area contributed by atoms with Crippen LogP contribution in [0.25, 0.3) is 0 Å². The highest BCUT2D eigenvalue weighted by molar-refractivity contribution is 5.74. The van der Waals surface area contributed by atoms with Crippen LogP contribution in [0.5, 0.6) is 0 Å². The van der Waals surface area contributed by atoms with Gasteiger partial charge in [-0.15, -0.1) is 0 Å². The molecule has 1 atom stereocenters. The maximum Gasteiger partial charge on any atom is 0.311 e. The lowest BCUT2D eigenvalue weighted by molar-refractivity contribution is -0.153. The topological polar surface area (TPSA) is 57.5 Å². The van der Waals surface area contributed by atoms with Crippen LogP contribution in [-0.2, 0) is 4.79 Å². The highest BCUT2D eigenvalue weighted by Crippen LogP contribution is 2.25. The maximum atomic E-state index is 10.5. The third kappa shape index (κ3) is 1.48. The van der Waals surface area contributed by atoms with Crippen LogP contribution in [-0.4, -0.2) is 22.8 Å². The predicted molar refractivity (Wildman–Crippen MR) is 37.7 cm³/mol. The van der Waals surface area contributed by atoms with Gasteiger partial charge in [0.15, 0.2) is 0 Å². The van der Waals surface area contributed by atoms with Gasteiger partial charge in [-0.1, -0.05) is 13.8 Å². The molecule has 3 heteroatoms. The summed E-state index contributed by atoms with van der Waals surface area (Å²) >= 11 is 0. The summed E-state index contributed by atoms with van der Waals surface area (Å²) in [6.45, 7) is 4.80. The minimum Gasteiger partial charge on any atom is -0.481 e. The second-order valence-corrected chi connectivity index (χ2v) is 3.04. The summed E-state index contributed by atoms with van der Waals surface area (Å²) in [5, 5.41) is 17.4. The molecule has 10 heavy (non-hydrogen) atoms. The summed E-state index contributed by atoms with van der Waals surface area (Å²) in [6, 6.07) is 0. The Morgan fingerprint density at radius 2 is 2.00 bits per heavy atom. The quantitative estimate of drug-likeness (QED) is 0.617. The van der Waals surface area contributed by atoms with Crippen molar-refractivity contribution >= 4 is 5.97 Å². The Morgan fingerprint density at radius 1 is 1.60 bits per heavy atom. The van der Waals surface area contributed by atoms with E-state index in [2.05, 4.69) is 0 Å². The van der Waals surface area contributed by atoms with E-state index in [0.717, 1.165) is 0 Å². The van der Waals surface area contributed by atoms with Gasteiger partial charge in [0.05, 0.1) is 12.0 Å². The molecule has 0 aliphatic rings. The second kappa shape index (κ2) is 3.01. The molecule has 0 aromatic rings. The second-order valence-electron chi connectivity index (χ2n) is 3.04. The molecule has 0 aliphatic carbocycles. The summed E-state index contributed by atoms with van der Waals surface area (Å²) in [4.78, 5) is 10.5. The van der Waals surface area contributed by atoms with Crippen molar-refractivity contribution in [1.29, 1.82) is 0 Å². The van der Waals surface area contributed by atoms with Crippen LogP contribution in [0.1, 0.15) is 20.8 Å². The molecule has 0 aromatic heterocycles. The zero-order valence-electron chi connectivity index (χ0n) is 6.59. The van der Waals surface area contributed by atoms with Crippen LogP contribution in [0.3, 0.4) is 0 Å². The molecule has 0 amide bonds. The first kappa shape index (κ1) is 9.43. The third-order valence-corrected chi connectivity index (χ3v) is 2.09. The number of hydrogen-bond acceptors (Lipinski definition) is 2. The van der Waals surface area contributed by atoms with E-state index >= 15 is 0 Å². The zero-order chi connectivity index (χ0) is 8.36. The summed E-state index contributed by atoms with van der Waals surface area (Å²) in [7, 11) is 0. The summed E-state index contributed by atoms with van der Waals surface area (Å²) in [6.07, 6.45) is 0. The van der Waals surface area contributed by atoms with Crippen LogP contribution in [0.15, 0.2) is 0 Å². The number of carboxylic acid groups (broad SMARTS) is 1. The highest BCUT2D eigenvalue weighted by atomic mass is 16.4. The largest absolute Gasteiger partial charge is 0.481 e. The Balaban J connectivity index is 4.38. The molecule has 0 aromatic carbocycles. The molecule has 0 bridgehead atoms. The maximum absolute atomic E-state index is 10.5. The molecule has 0 saturated heterocycles. The van der Waals surface area contributed by atoms with Crippen LogP contribution < -0.4 is 0 Å². The van der Waals surface area contributed by atoms with Crippen LogP contribution >= 0.6 is 0 Å². The minimum absolute atomic E-state index is 0.0463. The van der Waals surface area contributed by atoms with Gasteiger partial charge >= 0.3 is 5.97 Å². The van der Waals surface area contributed by atoms with Crippen molar-refractivity contribution in [2.45, 2.75) is 20.8 Å². The molecule has 0 fully saturated rings. The molecular formula is C7H14O3. The fourth-order valence-electron chi connectivity index (χ4n) is 0.497. The Hall–Kier alpha value is -0.570. The van der Waals surface area contributed by atoms with Crippen molar-refractivity contribution in [2.24, 2.45) is 11.3 Å². The standard InChI is InChI=1S/C7H14O3/c1-5(2)7(3,4-8)6(9)10/h5,8H,4H2,1-3H3,(H,9,10). The van der Waals surface area contributed by atoms with E-state index in [1.54, 1.807) is 20.8 Å². The van der Waals surface area contributed by atoms with Crippen LogP contribution in [0.4, 0.5) is 0 Å². The minimum atomic E-state index is -0.986. The molecule has 0 radical (unpaired) electrons. The van der Waals surface area contributed by atoms with Gasteiger partial charge in [-0.05, 0) is 12.8 Å². The van der Waals surface area contributed by atoms with E-state index in [4.69, 9.17) is 10.2 Å². The average molecular weight is 146 g/mol. The normalized spacial score (nSPS) is 16.9. The van der Waals surface area contributed by atoms with Gasteiger partial charge in [0.2, 0.25) is 0 Å². The monoisotopic (exact) mass is 146 g/mol. The lowest BCUT2D eigenvalue weighted by Gasteiger charge is -2.25. The molecule has 1 unspecified atom stereocenters. The number of carbonyl (C=O) groups is 1. The number of carboxylic acids is 1. The number of hydrogen-bond donors (Lipinski definition) is 2. The van der Waals surface area contributed by atoms with E-state index in [0.29, 0.717) is 0 Å². The Bertz CT molecular complexity index is 131. The fraction of sp³-hybridized carbons (Fsp3) is 0.857. The molecule has 0 saturated carbocycles. The number of rotatable bonds is 3. The van der Waals surface area contributed by atoms with E-state index in [-0.39, 0.29) is 12.5 Å². The molecule has 0 heterocycles. The summed E-state index contributed by atoms with van der Waals surface area (Å²) in [5.74, 6) is -0.986. The predicted octanol–water partition coefficient (Wildman–Crippen LogP) is 0.726. The number of aliphatic hydroxyl groups excluding tert-OH is 1. The first-order valence-corrected chi connectivity index (χ1v) is 3.29. The molecule has 0 spiro atoms. The smallest absolute Gasteiger partial charge is 0.311 e. The van der Waals surface area contributed by atoms with Crippen LogP contribution in [0.2, 0.25) is 0 Å². The Labute approximate surface area is 60.7 Å². The molecular weight excluding hydrogens is 132 g/mol. The molecule has 3 nitrogen and oxygen atoms in total. The summed E-state index contributed by atoms with van der Waals surface area (Å²) in [5.41, 5.74) is -0.986. The molecule has 0 rings (SSSR count). The first-order valence-electron chi connectivity index (χ1n) is 3.29.